The molecule has 3 rings (SSSR count). The molecule has 32 heavy (non-hydrogen) atoms. The number of benzene rings is 2. The van der Waals surface area contributed by atoms with Gasteiger partial charge >= 0.3 is 6.03 Å². The molecule has 0 unspecified atom stereocenters. The number of hydrogen-bond acceptors (Lipinski definition) is 4. The van der Waals surface area contributed by atoms with Crippen LogP contribution in [0.3, 0.4) is 0 Å². The highest BCUT2D eigenvalue weighted by Crippen LogP contribution is 2.38. The van der Waals surface area contributed by atoms with E-state index < -0.39 is 0 Å². The fourth-order valence-electron chi connectivity index (χ4n) is 3.21. The van der Waals surface area contributed by atoms with Crippen molar-refractivity contribution in [3.05, 3.63) is 69.2 Å². The largest absolute Gasteiger partial charge is 0.496 e. The van der Waals surface area contributed by atoms with Crippen LogP contribution in [0, 0.1) is 0 Å². The molecule has 5 N–H and O–H groups in total. The van der Waals surface area contributed by atoms with E-state index in [1.165, 1.54) is 0 Å². The molecule has 0 saturated carbocycles. The standard InChI is InChI=1S/C22H22BrClN6O2/c1-12-10-30(22(31)28-14-6-4-13(27-2)5-7-14)11-16(12)20(29-21(25)26)15-8-19(32-3)17(23)9-18(15)24/h4-9H,1-2,10-11H2,3H3,(H,28,31)(H4,25,26,29)/b20-16-. The van der Waals surface area contributed by atoms with Gasteiger partial charge in [0.05, 0.1) is 34.5 Å². The molecule has 1 saturated heterocycles. The summed E-state index contributed by atoms with van der Waals surface area (Å²) in [6.45, 7) is 8.14. The Labute approximate surface area is 199 Å². The van der Waals surface area contributed by atoms with Crippen LogP contribution in [0.2, 0.25) is 5.02 Å². The van der Waals surface area contributed by atoms with E-state index >= 15 is 0 Å². The molecular weight excluding hydrogens is 496 g/mol. The molecule has 0 radical (unpaired) electrons. The minimum Gasteiger partial charge on any atom is -0.496 e. The Morgan fingerprint density at radius 3 is 2.53 bits per heavy atom. The van der Waals surface area contributed by atoms with Gasteiger partial charge in [0.1, 0.15) is 5.75 Å². The summed E-state index contributed by atoms with van der Waals surface area (Å²) < 4.78 is 6.07. The third-order valence-electron chi connectivity index (χ3n) is 4.77. The average molecular weight is 518 g/mol. The molecule has 0 atom stereocenters. The summed E-state index contributed by atoms with van der Waals surface area (Å²) in [5, 5.41) is 3.27. The van der Waals surface area contributed by atoms with Crippen molar-refractivity contribution in [1.29, 1.82) is 0 Å². The van der Waals surface area contributed by atoms with Gasteiger partial charge in [0, 0.05) is 23.4 Å². The molecule has 1 fully saturated rings. The molecule has 0 bridgehead atoms. The van der Waals surface area contributed by atoms with Crippen molar-refractivity contribution in [1.82, 2.24) is 4.90 Å². The number of methoxy groups -OCH3 is 1. The van der Waals surface area contributed by atoms with Crippen LogP contribution in [-0.2, 0) is 0 Å². The van der Waals surface area contributed by atoms with Gasteiger partial charge in [-0.15, -0.1) is 0 Å². The number of carbonyl (C=O) groups is 1. The zero-order valence-electron chi connectivity index (χ0n) is 17.4. The van der Waals surface area contributed by atoms with Crippen LogP contribution in [0.25, 0.3) is 5.70 Å². The first kappa shape index (κ1) is 23.4. The molecule has 10 heteroatoms. The van der Waals surface area contributed by atoms with E-state index in [1.54, 1.807) is 48.4 Å². The number of carbonyl (C=O) groups excluding carboxylic acids is 1. The summed E-state index contributed by atoms with van der Waals surface area (Å²) in [6, 6.07) is 10.2. The van der Waals surface area contributed by atoms with E-state index in [2.05, 4.69) is 44.5 Å². The highest BCUT2D eigenvalue weighted by Gasteiger charge is 2.29. The van der Waals surface area contributed by atoms with Gasteiger partial charge in [-0.25, -0.2) is 9.79 Å². The normalized spacial score (nSPS) is 14.7. The van der Waals surface area contributed by atoms with Crippen LogP contribution in [0.1, 0.15) is 5.56 Å². The Hall–Kier alpha value is -3.30. The molecule has 2 aromatic rings. The van der Waals surface area contributed by atoms with E-state index in [0.717, 1.165) is 0 Å². The quantitative estimate of drug-likeness (QED) is 0.399. The third kappa shape index (κ3) is 5.12. The maximum absolute atomic E-state index is 12.8. The van der Waals surface area contributed by atoms with Gasteiger partial charge < -0.3 is 26.4 Å². The van der Waals surface area contributed by atoms with Gasteiger partial charge in [-0.05, 0) is 64.6 Å². The second-order valence-corrected chi connectivity index (χ2v) is 8.19. The third-order valence-corrected chi connectivity index (χ3v) is 5.70. The first-order valence-corrected chi connectivity index (χ1v) is 10.6. The second kappa shape index (κ2) is 9.88. The van der Waals surface area contributed by atoms with E-state index in [-0.39, 0.29) is 18.5 Å². The van der Waals surface area contributed by atoms with Crippen molar-refractivity contribution >= 4 is 63.3 Å². The lowest BCUT2D eigenvalue weighted by Crippen LogP contribution is -2.32. The van der Waals surface area contributed by atoms with E-state index in [9.17, 15) is 4.79 Å². The highest BCUT2D eigenvalue weighted by molar-refractivity contribution is 9.10. The Morgan fingerprint density at radius 1 is 1.25 bits per heavy atom. The van der Waals surface area contributed by atoms with E-state index in [4.69, 9.17) is 27.8 Å². The molecule has 0 spiro atoms. The van der Waals surface area contributed by atoms with Gasteiger partial charge in [-0.3, -0.25) is 4.99 Å². The predicted molar refractivity (Wildman–Crippen MR) is 134 cm³/mol. The van der Waals surface area contributed by atoms with Crippen LogP contribution in [0.4, 0.5) is 16.2 Å². The topological polar surface area (TPSA) is 118 Å². The van der Waals surface area contributed by atoms with E-state index in [1.807, 2.05) is 0 Å². The molecule has 1 aliphatic heterocycles. The minimum absolute atomic E-state index is 0.142. The van der Waals surface area contributed by atoms with Crippen molar-refractivity contribution < 1.29 is 9.53 Å². The van der Waals surface area contributed by atoms with Crippen molar-refractivity contribution in [2.45, 2.75) is 0 Å². The van der Waals surface area contributed by atoms with Crippen LogP contribution in [0.5, 0.6) is 5.75 Å². The summed E-state index contributed by atoms with van der Waals surface area (Å²) in [5.41, 5.74) is 15.1. The van der Waals surface area contributed by atoms with Gasteiger partial charge in [-0.2, -0.15) is 0 Å². The molecule has 166 valence electrons. The Kier molecular flexibility index (Phi) is 7.22. The molecule has 1 heterocycles. The molecule has 2 aromatic carbocycles. The van der Waals surface area contributed by atoms with Crippen LogP contribution >= 0.6 is 27.5 Å². The van der Waals surface area contributed by atoms with Crippen LogP contribution < -0.4 is 21.5 Å². The number of nitrogens with one attached hydrogen (secondary N) is 1. The fraction of sp³-hybridized carbons (Fsp3) is 0.136. The Morgan fingerprint density at radius 2 is 1.94 bits per heavy atom. The highest BCUT2D eigenvalue weighted by atomic mass is 79.9. The molecule has 0 aliphatic carbocycles. The summed E-state index contributed by atoms with van der Waals surface area (Å²) in [7, 11) is 1.55. The van der Waals surface area contributed by atoms with E-state index in [0.29, 0.717) is 55.6 Å². The number of nitrogens with zero attached hydrogens (tertiary/aromatic N) is 3. The minimum atomic E-state index is -0.288. The monoisotopic (exact) mass is 516 g/mol. The number of guanidine groups is 1. The van der Waals surface area contributed by atoms with Crippen LogP contribution in [0.15, 0.2) is 68.6 Å². The summed E-state index contributed by atoms with van der Waals surface area (Å²) >= 11 is 9.90. The van der Waals surface area contributed by atoms with Gasteiger partial charge in [0.2, 0.25) is 0 Å². The zero-order valence-corrected chi connectivity index (χ0v) is 19.7. The predicted octanol–water partition coefficient (Wildman–Crippen LogP) is 4.53. The molecule has 0 aromatic heterocycles. The summed E-state index contributed by atoms with van der Waals surface area (Å²) in [4.78, 5) is 22.6. The maximum atomic E-state index is 12.8. The molecule has 8 nitrogen and oxygen atoms in total. The SMILES string of the molecule is C=Nc1ccc(NC(=O)N2CC(=C)/C(=C(\N=C(N)N)c3cc(OC)c(Br)cc3Cl)C2)cc1. The molecular formula is C22H22BrClN6O2. The summed E-state index contributed by atoms with van der Waals surface area (Å²) in [5.74, 6) is 0.418. The van der Waals surface area contributed by atoms with Crippen molar-refractivity contribution in [2.24, 2.45) is 21.5 Å². The first-order chi connectivity index (χ1) is 15.2. The van der Waals surface area contributed by atoms with Crippen molar-refractivity contribution in [3.8, 4) is 5.75 Å². The number of aliphatic imine (C=N–C) groups is 2. The smallest absolute Gasteiger partial charge is 0.322 e. The lowest BCUT2D eigenvalue weighted by Gasteiger charge is -2.16. The van der Waals surface area contributed by atoms with Gasteiger partial charge in [0.15, 0.2) is 5.96 Å². The van der Waals surface area contributed by atoms with Crippen molar-refractivity contribution in [3.63, 3.8) is 0 Å². The number of hydrogen-bond donors (Lipinski definition) is 3. The molecule has 1 aliphatic rings. The van der Waals surface area contributed by atoms with Gasteiger partial charge in [-0.1, -0.05) is 18.2 Å². The second-order valence-electron chi connectivity index (χ2n) is 6.93. The maximum Gasteiger partial charge on any atom is 0.322 e. The first-order valence-electron chi connectivity index (χ1n) is 9.40. The Bertz CT molecular complexity index is 1140. The number of amides is 2. The molecule has 2 amide bonds. The number of anilines is 1. The fourth-order valence-corrected chi connectivity index (χ4v) is 4.10. The van der Waals surface area contributed by atoms with Gasteiger partial charge in [0.25, 0.3) is 0 Å². The van der Waals surface area contributed by atoms with Crippen LogP contribution in [-0.4, -0.2) is 43.8 Å². The number of urea groups is 1. The number of ether oxygens (including phenoxy) is 1. The number of likely N-dealkylation sites (tertiary alicyclic amines) is 1. The lowest BCUT2D eigenvalue weighted by molar-refractivity contribution is 0.224. The number of halogens is 2. The average Bonchev–Trinajstić information content (AvgIpc) is 3.14. The summed E-state index contributed by atoms with van der Waals surface area (Å²) in [6.07, 6.45) is 0. The number of rotatable bonds is 5. The van der Waals surface area contributed by atoms with Crippen molar-refractivity contribution in [2.75, 3.05) is 25.5 Å². The zero-order chi connectivity index (χ0) is 23.4. The lowest BCUT2D eigenvalue weighted by atomic mass is 10.0. The number of nitrogens with two attached hydrogens (primary N) is 2. The Balaban J connectivity index is 1.95.